The highest BCUT2D eigenvalue weighted by Gasteiger charge is 2.29. The predicted molar refractivity (Wildman–Crippen MR) is 67.4 cm³/mol. The van der Waals surface area contributed by atoms with Gasteiger partial charge in [-0.2, -0.15) is 0 Å². The fraction of sp³-hybridized carbons (Fsp3) is 0.500. The third kappa shape index (κ3) is 2.84. The molecule has 0 bridgehead atoms. The van der Waals surface area contributed by atoms with Crippen LogP contribution in [-0.2, 0) is 10.2 Å². The molecule has 88 valence electrons. The van der Waals surface area contributed by atoms with Crippen molar-refractivity contribution >= 4 is 5.91 Å². The van der Waals surface area contributed by atoms with Gasteiger partial charge >= 0.3 is 0 Å². The number of amides is 1. The summed E-state index contributed by atoms with van der Waals surface area (Å²) in [7, 11) is 0. The normalized spacial score (nSPS) is 13.2. The number of carbonyl (C=O) groups is 1. The molecule has 0 aliphatic carbocycles. The summed E-state index contributed by atoms with van der Waals surface area (Å²) in [6, 6.07) is 10.1. The van der Waals surface area contributed by atoms with Crippen LogP contribution in [0.5, 0.6) is 0 Å². The average molecular weight is 219 g/mol. The molecule has 0 aliphatic heterocycles. The zero-order valence-corrected chi connectivity index (χ0v) is 10.6. The number of benzene rings is 1. The maximum Gasteiger partial charge on any atom is 0.230 e. The van der Waals surface area contributed by atoms with Gasteiger partial charge in [0.25, 0.3) is 0 Å². The molecule has 1 unspecified atom stereocenters. The van der Waals surface area contributed by atoms with Crippen molar-refractivity contribution in [2.75, 3.05) is 0 Å². The minimum Gasteiger partial charge on any atom is -0.353 e. The van der Waals surface area contributed by atoms with E-state index in [1.54, 1.807) is 0 Å². The molecular weight excluding hydrogens is 198 g/mol. The maximum absolute atomic E-state index is 12.1. The van der Waals surface area contributed by atoms with Crippen molar-refractivity contribution in [2.45, 2.75) is 45.6 Å². The first-order valence-corrected chi connectivity index (χ1v) is 5.85. The standard InChI is InChI=1S/C14H21NO/c1-5-11(2)15-13(16)14(3,4)12-9-7-6-8-10-12/h6-11H,5H2,1-4H3,(H,15,16). The molecule has 0 radical (unpaired) electrons. The molecule has 1 amide bonds. The Balaban J connectivity index is 2.82. The fourth-order valence-corrected chi connectivity index (χ4v) is 1.49. The second-order valence-corrected chi connectivity index (χ2v) is 4.77. The smallest absolute Gasteiger partial charge is 0.230 e. The lowest BCUT2D eigenvalue weighted by Gasteiger charge is -2.26. The molecule has 0 fully saturated rings. The first-order valence-electron chi connectivity index (χ1n) is 5.85. The van der Waals surface area contributed by atoms with Crippen molar-refractivity contribution in [3.8, 4) is 0 Å². The maximum atomic E-state index is 12.1. The Bertz CT molecular complexity index is 343. The molecule has 0 aliphatic rings. The molecule has 1 aromatic carbocycles. The van der Waals surface area contributed by atoms with Crippen LogP contribution in [0.2, 0.25) is 0 Å². The van der Waals surface area contributed by atoms with E-state index in [4.69, 9.17) is 0 Å². The van der Waals surface area contributed by atoms with Gasteiger partial charge in [0.05, 0.1) is 5.41 Å². The summed E-state index contributed by atoms with van der Waals surface area (Å²) in [6.45, 7) is 8.01. The average Bonchev–Trinajstić information content (AvgIpc) is 2.29. The van der Waals surface area contributed by atoms with Gasteiger partial charge in [-0.25, -0.2) is 0 Å². The molecule has 16 heavy (non-hydrogen) atoms. The summed E-state index contributed by atoms with van der Waals surface area (Å²) in [4.78, 5) is 12.1. The van der Waals surface area contributed by atoms with E-state index in [-0.39, 0.29) is 11.9 Å². The lowest BCUT2D eigenvalue weighted by Crippen LogP contribution is -2.43. The molecule has 2 heteroatoms. The van der Waals surface area contributed by atoms with E-state index in [9.17, 15) is 4.79 Å². The summed E-state index contributed by atoms with van der Waals surface area (Å²) >= 11 is 0. The Kier molecular flexibility index (Phi) is 4.11. The zero-order chi connectivity index (χ0) is 12.2. The van der Waals surface area contributed by atoms with Crippen molar-refractivity contribution in [1.82, 2.24) is 5.32 Å². The first kappa shape index (κ1) is 12.8. The Morgan fingerprint density at radius 2 is 1.88 bits per heavy atom. The highest BCUT2D eigenvalue weighted by molar-refractivity contribution is 5.87. The van der Waals surface area contributed by atoms with Gasteiger partial charge in [0.15, 0.2) is 0 Å². The van der Waals surface area contributed by atoms with E-state index in [1.165, 1.54) is 0 Å². The largest absolute Gasteiger partial charge is 0.353 e. The van der Waals surface area contributed by atoms with Gasteiger partial charge in [-0.1, -0.05) is 37.3 Å². The lowest BCUT2D eigenvalue weighted by molar-refractivity contribution is -0.126. The van der Waals surface area contributed by atoms with E-state index >= 15 is 0 Å². The minimum absolute atomic E-state index is 0.0908. The van der Waals surface area contributed by atoms with Crippen LogP contribution in [0.3, 0.4) is 0 Å². The first-order chi connectivity index (χ1) is 7.48. The molecule has 0 saturated heterocycles. The number of rotatable bonds is 4. The Morgan fingerprint density at radius 1 is 1.31 bits per heavy atom. The molecule has 1 N–H and O–H groups in total. The third-order valence-corrected chi connectivity index (χ3v) is 3.05. The summed E-state index contributed by atoms with van der Waals surface area (Å²) in [6.07, 6.45) is 0.955. The van der Waals surface area contributed by atoms with Gasteiger partial charge < -0.3 is 5.32 Å². The molecule has 0 saturated carbocycles. The number of hydrogen-bond acceptors (Lipinski definition) is 1. The van der Waals surface area contributed by atoms with Crippen molar-refractivity contribution < 1.29 is 4.79 Å². The second-order valence-electron chi connectivity index (χ2n) is 4.77. The van der Waals surface area contributed by atoms with Crippen LogP contribution < -0.4 is 5.32 Å². The molecular formula is C14H21NO. The number of hydrogen-bond donors (Lipinski definition) is 1. The van der Waals surface area contributed by atoms with Gasteiger partial charge in [0.1, 0.15) is 0 Å². The highest BCUT2D eigenvalue weighted by atomic mass is 16.2. The van der Waals surface area contributed by atoms with Crippen LogP contribution in [0.15, 0.2) is 30.3 Å². The monoisotopic (exact) mass is 219 g/mol. The predicted octanol–water partition coefficient (Wildman–Crippen LogP) is 2.88. The Morgan fingerprint density at radius 3 is 2.38 bits per heavy atom. The highest BCUT2D eigenvalue weighted by Crippen LogP contribution is 2.23. The Hall–Kier alpha value is -1.31. The van der Waals surface area contributed by atoms with E-state index in [2.05, 4.69) is 12.2 Å². The van der Waals surface area contributed by atoms with Crippen molar-refractivity contribution in [2.24, 2.45) is 0 Å². The van der Waals surface area contributed by atoms with E-state index < -0.39 is 5.41 Å². The van der Waals surface area contributed by atoms with Crippen LogP contribution in [0.1, 0.15) is 39.7 Å². The van der Waals surface area contributed by atoms with Crippen LogP contribution in [-0.4, -0.2) is 11.9 Å². The van der Waals surface area contributed by atoms with Crippen molar-refractivity contribution in [3.63, 3.8) is 0 Å². The quantitative estimate of drug-likeness (QED) is 0.829. The lowest BCUT2D eigenvalue weighted by atomic mass is 9.83. The Labute approximate surface area is 98.1 Å². The van der Waals surface area contributed by atoms with Crippen molar-refractivity contribution in [1.29, 1.82) is 0 Å². The van der Waals surface area contributed by atoms with E-state index in [1.807, 2.05) is 51.1 Å². The number of nitrogens with one attached hydrogen (secondary N) is 1. The number of carbonyl (C=O) groups excluding carboxylic acids is 1. The summed E-state index contributed by atoms with van der Waals surface area (Å²) in [5.74, 6) is 0.0908. The molecule has 2 nitrogen and oxygen atoms in total. The molecule has 1 atom stereocenters. The van der Waals surface area contributed by atoms with Gasteiger partial charge in [0, 0.05) is 6.04 Å². The zero-order valence-electron chi connectivity index (χ0n) is 10.6. The van der Waals surface area contributed by atoms with Crippen LogP contribution in [0.25, 0.3) is 0 Å². The van der Waals surface area contributed by atoms with Gasteiger partial charge in [-0.15, -0.1) is 0 Å². The third-order valence-electron chi connectivity index (χ3n) is 3.05. The van der Waals surface area contributed by atoms with Crippen molar-refractivity contribution in [3.05, 3.63) is 35.9 Å². The summed E-state index contributed by atoms with van der Waals surface area (Å²) < 4.78 is 0. The van der Waals surface area contributed by atoms with Crippen LogP contribution in [0.4, 0.5) is 0 Å². The van der Waals surface area contributed by atoms with E-state index in [0.717, 1.165) is 12.0 Å². The molecule has 0 heterocycles. The van der Waals surface area contributed by atoms with Crippen LogP contribution in [0, 0.1) is 0 Å². The van der Waals surface area contributed by atoms with Crippen LogP contribution >= 0.6 is 0 Å². The fourth-order valence-electron chi connectivity index (χ4n) is 1.49. The molecule has 1 rings (SSSR count). The van der Waals surface area contributed by atoms with E-state index in [0.29, 0.717) is 0 Å². The topological polar surface area (TPSA) is 29.1 Å². The SMILES string of the molecule is CCC(C)NC(=O)C(C)(C)c1ccccc1. The molecule has 1 aromatic rings. The summed E-state index contributed by atoms with van der Waals surface area (Å²) in [5.41, 5.74) is 0.584. The molecule has 0 aromatic heterocycles. The van der Waals surface area contributed by atoms with Gasteiger partial charge in [-0.3, -0.25) is 4.79 Å². The molecule has 0 spiro atoms. The summed E-state index contributed by atoms with van der Waals surface area (Å²) in [5, 5.41) is 3.03. The van der Waals surface area contributed by atoms with Gasteiger partial charge in [-0.05, 0) is 32.8 Å². The minimum atomic E-state index is -0.468. The second kappa shape index (κ2) is 5.15. The van der Waals surface area contributed by atoms with Gasteiger partial charge in [0.2, 0.25) is 5.91 Å².